The van der Waals surface area contributed by atoms with Crippen LogP contribution in [0.4, 0.5) is 0 Å². The molecule has 1 unspecified atom stereocenters. The van der Waals surface area contributed by atoms with E-state index in [9.17, 15) is 4.79 Å². The molecule has 1 saturated carbocycles. The van der Waals surface area contributed by atoms with Gasteiger partial charge < -0.3 is 5.73 Å². The number of nitrogens with two attached hydrogens (primary N) is 1. The van der Waals surface area contributed by atoms with E-state index in [1.807, 2.05) is 13.0 Å². The minimum atomic E-state index is -0.321. The highest BCUT2D eigenvalue weighted by Crippen LogP contribution is 2.32. The van der Waals surface area contributed by atoms with Crippen molar-refractivity contribution in [1.29, 1.82) is 0 Å². The van der Waals surface area contributed by atoms with Crippen LogP contribution in [0.15, 0.2) is 18.5 Å². The molecule has 0 radical (unpaired) electrons. The molecule has 0 amide bonds. The molecular weight excluding hydrogens is 176 g/mol. The Labute approximate surface area is 83.3 Å². The normalized spacial score (nSPS) is 17.9. The van der Waals surface area contributed by atoms with Gasteiger partial charge in [-0.05, 0) is 37.3 Å². The molecule has 1 heterocycles. The molecule has 0 aliphatic heterocycles. The summed E-state index contributed by atoms with van der Waals surface area (Å²) in [6.07, 6.45) is 5.51. The van der Waals surface area contributed by atoms with E-state index in [4.69, 9.17) is 5.73 Å². The van der Waals surface area contributed by atoms with E-state index in [1.54, 1.807) is 12.4 Å². The second kappa shape index (κ2) is 3.50. The second-order valence-corrected chi connectivity index (χ2v) is 3.98. The Morgan fingerprint density at radius 3 is 2.86 bits per heavy atom. The molecular formula is C11H14N2O. The van der Waals surface area contributed by atoms with Crippen LogP contribution in [0.3, 0.4) is 0 Å². The van der Waals surface area contributed by atoms with Crippen molar-refractivity contribution in [2.45, 2.75) is 25.8 Å². The summed E-state index contributed by atoms with van der Waals surface area (Å²) < 4.78 is 0. The Balaban J connectivity index is 2.17. The second-order valence-electron chi connectivity index (χ2n) is 3.98. The largest absolute Gasteiger partial charge is 0.321 e. The Morgan fingerprint density at radius 2 is 2.29 bits per heavy atom. The fraction of sp³-hybridized carbons (Fsp3) is 0.455. The molecule has 1 aromatic rings. The summed E-state index contributed by atoms with van der Waals surface area (Å²) in [5.74, 6) is 0.437. The van der Waals surface area contributed by atoms with E-state index >= 15 is 0 Å². The van der Waals surface area contributed by atoms with Crippen LogP contribution in [-0.4, -0.2) is 16.8 Å². The third-order valence-corrected chi connectivity index (χ3v) is 2.59. The first kappa shape index (κ1) is 9.34. The maximum absolute atomic E-state index is 11.8. The van der Waals surface area contributed by atoms with Crippen LogP contribution >= 0.6 is 0 Å². The van der Waals surface area contributed by atoms with Crippen LogP contribution in [0.5, 0.6) is 0 Å². The van der Waals surface area contributed by atoms with Crippen molar-refractivity contribution in [3.05, 3.63) is 29.6 Å². The first-order valence-corrected chi connectivity index (χ1v) is 4.90. The van der Waals surface area contributed by atoms with Crippen molar-refractivity contribution in [3.8, 4) is 0 Å². The Bertz CT molecular complexity index is 358. The number of hydrogen-bond donors (Lipinski definition) is 1. The highest BCUT2D eigenvalue weighted by atomic mass is 16.1. The summed E-state index contributed by atoms with van der Waals surface area (Å²) in [6.45, 7) is 1.92. The number of nitrogens with zero attached hydrogens (tertiary/aromatic N) is 1. The molecule has 74 valence electrons. The zero-order valence-electron chi connectivity index (χ0n) is 8.23. The van der Waals surface area contributed by atoms with Crippen LogP contribution in [0.25, 0.3) is 0 Å². The van der Waals surface area contributed by atoms with E-state index in [1.165, 1.54) is 0 Å². The van der Waals surface area contributed by atoms with E-state index < -0.39 is 0 Å². The van der Waals surface area contributed by atoms with Crippen LogP contribution in [0, 0.1) is 12.8 Å². The average molecular weight is 190 g/mol. The quantitative estimate of drug-likeness (QED) is 0.731. The van der Waals surface area contributed by atoms with E-state index in [-0.39, 0.29) is 11.8 Å². The van der Waals surface area contributed by atoms with Gasteiger partial charge in [0, 0.05) is 18.0 Å². The highest BCUT2D eigenvalue weighted by Gasteiger charge is 2.33. The summed E-state index contributed by atoms with van der Waals surface area (Å²) >= 11 is 0. The van der Waals surface area contributed by atoms with Gasteiger partial charge in [-0.2, -0.15) is 0 Å². The molecule has 1 atom stereocenters. The first-order valence-electron chi connectivity index (χ1n) is 4.90. The van der Waals surface area contributed by atoms with Crippen LogP contribution in [-0.2, 0) is 0 Å². The Kier molecular flexibility index (Phi) is 2.33. The number of carbonyl (C=O) groups is 1. The van der Waals surface area contributed by atoms with Gasteiger partial charge in [-0.3, -0.25) is 9.78 Å². The molecule has 0 bridgehead atoms. The zero-order valence-corrected chi connectivity index (χ0v) is 8.23. The minimum absolute atomic E-state index is 0.0312. The number of pyridine rings is 1. The molecule has 1 fully saturated rings. The summed E-state index contributed by atoms with van der Waals surface area (Å²) in [4.78, 5) is 15.8. The van der Waals surface area contributed by atoms with Gasteiger partial charge in [0.1, 0.15) is 0 Å². The topological polar surface area (TPSA) is 56.0 Å². The van der Waals surface area contributed by atoms with Gasteiger partial charge in [0.25, 0.3) is 0 Å². The lowest BCUT2D eigenvalue weighted by Crippen LogP contribution is -2.32. The SMILES string of the molecule is Cc1cncc(C(=O)C(N)C2CC2)c1. The minimum Gasteiger partial charge on any atom is -0.321 e. The molecule has 1 aliphatic carbocycles. The molecule has 14 heavy (non-hydrogen) atoms. The predicted octanol–water partition coefficient (Wildman–Crippen LogP) is 1.31. The smallest absolute Gasteiger partial charge is 0.181 e. The van der Waals surface area contributed by atoms with Crippen LogP contribution in [0.1, 0.15) is 28.8 Å². The standard InChI is InChI=1S/C11H14N2O/c1-7-4-9(6-13-5-7)11(14)10(12)8-2-3-8/h4-6,8,10H,2-3,12H2,1H3. The number of hydrogen-bond acceptors (Lipinski definition) is 3. The first-order chi connectivity index (χ1) is 6.68. The summed E-state index contributed by atoms with van der Waals surface area (Å²) in [6, 6.07) is 1.52. The van der Waals surface area contributed by atoms with E-state index in [0.29, 0.717) is 11.5 Å². The van der Waals surface area contributed by atoms with Gasteiger partial charge in [0.05, 0.1) is 6.04 Å². The molecule has 2 N–H and O–H groups in total. The Morgan fingerprint density at radius 1 is 1.57 bits per heavy atom. The molecule has 1 aromatic heterocycles. The lowest BCUT2D eigenvalue weighted by molar-refractivity contribution is 0.0951. The summed E-state index contributed by atoms with van der Waals surface area (Å²) in [5.41, 5.74) is 7.47. The van der Waals surface area contributed by atoms with Crippen molar-refractivity contribution in [2.75, 3.05) is 0 Å². The monoisotopic (exact) mass is 190 g/mol. The summed E-state index contributed by atoms with van der Waals surface area (Å²) in [7, 11) is 0. The maximum atomic E-state index is 11.8. The van der Waals surface area contributed by atoms with Crippen molar-refractivity contribution in [2.24, 2.45) is 11.7 Å². The lowest BCUT2D eigenvalue weighted by Gasteiger charge is -2.08. The predicted molar refractivity (Wildman–Crippen MR) is 54.0 cm³/mol. The van der Waals surface area contributed by atoms with Gasteiger partial charge in [-0.25, -0.2) is 0 Å². The maximum Gasteiger partial charge on any atom is 0.181 e. The van der Waals surface area contributed by atoms with Gasteiger partial charge in [0.2, 0.25) is 0 Å². The van der Waals surface area contributed by atoms with Crippen LogP contribution in [0.2, 0.25) is 0 Å². The number of Topliss-reactive ketones (excluding diaryl/α,β-unsaturated/α-hetero) is 1. The molecule has 0 spiro atoms. The molecule has 2 rings (SSSR count). The molecule has 0 aromatic carbocycles. The number of carbonyl (C=O) groups excluding carboxylic acids is 1. The lowest BCUT2D eigenvalue weighted by atomic mass is 10.0. The zero-order chi connectivity index (χ0) is 10.1. The molecule has 3 heteroatoms. The van der Waals surface area contributed by atoms with Gasteiger partial charge in [0.15, 0.2) is 5.78 Å². The van der Waals surface area contributed by atoms with E-state index in [0.717, 1.165) is 18.4 Å². The Hall–Kier alpha value is -1.22. The number of aromatic nitrogens is 1. The van der Waals surface area contributed by atoms with Crippen molar-refractivity contribution in [1.82, 2.24) is 4.98 Å². The number of aryl methyl sites for hydroxylation is 1. The van der Waals surface area contributed by atoms with E-state index in [2.05, 4.69) is 4.98 Å². The molecule has 1 aliphatic rings. The average Bonchev–Trinajstić information content (AvgIpc) is 2.99. The number of rotatable bonds is 3. The highest BCUT2D eigenvalue weighted by molar-refractivity contribution is 6.00. The van der Waals surface area contributed by atoms with Crippen LogP contribution < -0.4 is 5.73 Å². The van der Waals surface area contributed by atoms with Crippen molar-refractivity contribution < 1.29 is 4.79 Å². The fourth-order valence-corrected chi connectivity index (χ4v) is 1.55. The fourth-order valence-electron chi connectivity index (χ4n) is 1.55. The van der Waals surface area contributed by atoms with Crippen molar-refractivity contribution >= 4 is 5.78 Å². The van der Waals surface area contributed by atoms with Gasteiger partial charge in [-0.15, -0.1) is 0 Å². The third kappa shape index (κ3) is 1.82. The van der Waals surface area contributed by atoms with Gasteiger partial charge >= 0.3 is 0 Å². The van der Waals surface area contributed by atoms with Gasteiger partial charge in [-0.1, -0.05) is 0 Å². The summed E-state index contributed by atoms with van der Waals surface area (Å²) in [5, 5.41) is 0. The van der Waals surface area contributed by atoms with Crippen molar-refractivity contribution in [3.63, 3.8) is 0 Å². The third-order valence-electron chi connectivity index (χ3n) is 2.59. The molecule has 0 saturated heterocycles. The number of ketones is 1. The molecule has 3 nitrogen and oxygen atoms in total.